The monoisotopic (exact) mass is 296 g/mol. The molecule has 0 unspecified atom stereocenters. The van der Waals surface area contributed by atoms with Crippen LogP contribution in [-0.2, 0) is 9.53 Å². The van der Waals surface area contributed by atoms with Gasteiger partial charge in [0.1, 0.15) is 0 Å². The van der Waals surface area contributed by atoms with E-state index in [2.05, 4.69) is 4.90 Å². The number of piperidine rings is 1. The SMILES string of the molecule is CC(C)C(=O)N(C)CC1CCN(CC2CCOCC2)CC1. The number of carbonyl (C=O) groups excluding carboxylic acids is 1. The zero-order chi connectivity index (χ0) is 15.2. The molecule has 0 spiro atoms. The van der Waals surface area contributed by atoms with Gasteiger partial charge in [0.2, 0.25) is 5.91 Å². The van der Waals surface area contributed by atoms with E-state index in [1.807, 2.05) is 25.8 Å². The highest BCUT2D eigenvalue weighted by Crippen LogP contribution is 2.22. The van der Waals surface area contributed by atoms with Gasteiger partial charge >= 0.3 is 0 Å². The number of nitrogens with zero attached hydrogens (tertiary/aromatic N) is 2. The zero-order valence-corrected chi connectivity index (χ0v) is 14.0. The predicted octanol–water partition coefficient (Wildman–Crippen LogP) is 2.24. The third-order valence-corrected chi connectivity index (χ3v) is 4.97. The van der Waals surface area contributed by atoms with Crippen molar-refractivity contribution in [3.8, 4) is 0 Å². The molecule has 2 fully saturated rings. The molecule has 1 amide bonds. The van der Waals surface area contributed by atoms with Crippen molar-refractivity contribution in [1.29, 1.82) is 0 Å². The lowest BCUT2D eigenvalue weighted by Gasteiger charge is -2.36. The average molecular weight is 296 g/mol. The molecule has 0 bridgehead atoms. The molecule has 0 aromatic rings. The minimum absolute atomic E-state index is 0.114. The lowest BCUT2D eigenvalue weighted by Crippen LogP contribution is -2.42. The first-order valence-corrected chi connectivity index (χ1v) is 8.61. The topological polar surface area (TPSA) is 32.8 Å². The number of likely N-dealkylation sites (tertiary alicyclic amines) is 1. The lowest BCUT2D eigenvalue weighted by molar-refractivity contribution is -0.133. The largest absolute Gasteiger partial charge is 0.381 e. The molecule has 0 atom stereocenters. The summed E-state index contributed by atoms with van der Waals surface area (Å²) in [5.41, 5.74) is 0. The Kier molecular flexibility index (Phi) is 6.49. The zero-order valence-electron chi connectivity index (χ0n) is 14.0. The molecule has 4 heteroatoms. The third-order valence-electron chi connectivity index (χ3n) is 4.97. The highest BCUT2D eigenvalue weighted by atomic mass is 16.5. The van der Waals surface area contributed by atoms with Gasteiger partial charge in [0.25, 0.3) is 0 Å². The van der Waals surface area contributed by atoms with E-state index in [1.165, 1.54) is 45.3 Å². The van der Waals surface area contributed by atoms with Gasteiger partial charge in [-0.15, -0.1) is 0 Å². The van der Waals surface area contributed by atoms with Crippen molar-refractivity contribution in [3.05, 3.63) is 0 Å². The summed E-state index contributed by atoms with van der Waals surface area (Å²) in [6.45, 7) is 10.4. The van der Waals surface area contributed by atoms with Crippen molar-refractivity contribution in [3.63, 3.8) is 0 Å². The maximum atomic E-state index is 11.9. The van der Waals surface area contributed by atoms with Crippen LogP contribution in [0.3, 0.4) is 0 Å². The maximum Gasteiger partial charge on any atom is 0.224 e. The molecule has 122 valence electrons. The molecule has 0 aliphatic carbocycles. The van der Waals surface area contributed by atoms with Crippen LogP contribution < -0.4 is 0 Å². The van der Waals surface area contributed by atoms with Crippen LogP contribution in [0.25, 0.3) is 0 Å². The van der Waals surface area contributed by atoms with E-state index in [4.69, 9.17) is 4.74 Å². The van der Waals surface area contributed by atoms with Crippen LogP contribution in [-0.4, -0.2) is 62.1 Å². The van der Waals surface area contributed by atoms with Crippen molar-refractivity contribution in [2.45, 2.75) is 39.5 Å². The van der Waals surface area contributed by atoms with E-state index >= 15 is 0 Å². The van der Waals surface area contributed by atoms with E-state index in [0.29, 0.717) is 5.92 Å². The summed E-state index contributed by atoms with van der Waals surface area (Å²) in [4.78, 5) is 16.5. The molecular formula is C17H32N2O2. The second-order valence-corrected chi connectivity index (χ2v) is 7.17. The van der Waals surface area contributed by atoms with Gasteiger partial charge in [-0.1, -0.05) is 13.8 Å². The minimum Gasteiger partial charge on any atom is -0.381 e. The summed E-state index contributed by atoms with van der Waals surface area (Å²) in [5.74, 6) is 1.91. The van der Waals surface area contributed by atoms with Gasteiger partial charge < -0.3 is 14.5 Å². The molecule has 4 nitrogen and oxygen atoms in total. The Labute approximate surface area is 129 Å². The second-order valence-electron chi connectivity index (χ2n) is 7.17. The summed E-state index contributed by atoms with van der Waals surface area (Å²) in [5, 5.41) is 0. The Morgan fingerprint density at radius 2 is 1.76 bits per heavy atom. The molecule has 0 saturated carbocycles. The van der Waals surface area contributed by atoms with Gasteiger partial charge in [0.05, 0.1) is 0 Å². The molecule has 2 saturated heterocycles. The fraction of sp³-hybridized carbons (Fsp3) is 0.941. The molecule has 21 heavy (non-hydrogen) atoms. The van der Waals surface area contributed by atoms with Crippen LogP contribution in [0.15, 0.2) is 0 Å². The van der Waals surface area contributed by atoms with Gasteiger partial charge in [-0.25, -0.2) is 0 Å². The summed E-state index contributed by atoms with van der Waals surface area (Å²) >= 11 is 0. The summed E-state index contributed by atoms with van der Waals surface area (Å²) < 4.78 is 5.44. The van der Waals surface area contributed by atoms with Gasteiger partial charge in [-0.2, -0.15) is 0 Å². The number of amides is 1. The lowest BCUT2D eigenvalue weighted by atomic mass is 9.93. The Morgan fingerprint density at radius 1 is 1.14 bits per heavy atom. The third kappa shape index (κ3) is 5.26. The number of ether oxygens (including phenoxy) is 1. The van der Waals surface area contributed by atoms with E-state index in [9.17, 15) is 4.79 Å². The molecule has 0 aromatic carbocycles. The summed E-state index contributed by atoms with van der Waals surface area (Å²) in [7, 11) is 1.96. The maximum absolute atomic E-state index is 11.9. The Hall–Kier alpha value is -0.610. The molecule has 0 radical (unpaired) electrons. The number of hydrogen-bond acceptors (Lipinski definition) is 3. The highest BCUT2D eigenvalue weighted by molar-refractivity contribution is 5.77. The average Bonchev–Trinajstić information content (AvgIpc) is 2.49. The van der Waals surface area contributed by atoms with Crippen LogP contribution >= 0.6 is 0 Å². The Balaban J connectivity index is 1.67. The van der Waals surface area contributed by atoms with E-state index in [0.717, 1.165) is 25.7 Å². The normalized spacial score (nSPS) is 22.7. The van der Waals surface area contributed by atoms with E-state index in [-0.39, 0.29) is 11.8 Å². The van der Waals surface area contributed by atoms with Crippen molar-refractivity contribution in [2.75, 3.05) is 46.4 Å². The molecule has 0 N–H and O–H groups in total. The smallest absolute Gasteiger partial charge is 0.224 e. The van der Waals surface area contributed by atoms with E-state index < -0.39 is 0 Å². The quantitative estimate of drug-likeness (QED) is 0.780. The first-order chi connectivity index (χ1) is 10.1. The fourth-order valence-corrected chi connectivity index (χ4v) is 3.56. The first kappa shape index (κ1) is 16.8. The Morgan fingerprint density at radius 3 is 2.33 bits per heavy atom. The first-order valence-electron chi connectivity index (χ1n) is 8.61. The molecule has 0 aromatic heterocycles. The molecule has 2 aliphatic rings. The summed E-state index contributed by atoms with van der Waals surface area (Å²) in [6.07, 6.45) is 4.93. The van der Waals surface area contributed by atoms with Crippen molar-refractivity contribution >= 4 is 5.91 Å². The summed E-state index contributed by atoms with van der Waals surface area (Å²) in [6, 6.07) is 0. The molecular weight excluding hydrogens is 264 g/mol. The Bertz CT molecular complexity index is 319. The van der Waals surface area contributed by atoms with Crippen LogP contribution in [0, 0.1) is 17.8 Å². The number of rotatable bonds is 5. The highest BCUT2D eigenvalue weighted by Gasteiger charge is 2.25. The van der Waals surface area contributed by atoms with Crippen LogP contribution in [0.5, 0.6) is 0 Å². The minimum atomic E-state index is 0.114. The van der Waals surface area contributed by atoms with Crippen LogP contribution in [0.1, 0.15) is 39.5 Å². The van der Waals surface area contributed by atoms with Crippen molar-refractivity contribution < 1.29 is 9.53 Å². The van der Waals surface area contributed by atoms with Crippen LogP contribution in [0.2, 0.25) is 0 Å². The second kappa shape index (κ2) is 8.14. The predicted molar refractivity (Wildman–Crippen MR) is 85.2 cm³/mol. The van der Waals surface area contributed by atoms with Gasteiger partial charge in [-0.3, -0.25) is 4.79 Å². The molecule has 2 heterocycles. The standard InChI is InChI=1S/C17H32N2O2/c1-14(2)17(20)18(3)12-15-4-8-19(9-5-15)13-16-6-10-21-11-7-16/h14-16H,4-13H2,1-3H3. The molecule has 2 aliphatic heterocycles. The van der Waals surface area contributed by atoms with Gasteiger partial charge in [0, 0.05) is 39.3 Å². The van der Waals surface area contributed by atoms with Gasteiger partial charge in [-0.05, 0) is 50.6 Å². The number of hydrogen-bond donors (Lipinski definition) is 0. The van der Waals surface area contributed by atoms with Crippen molar-refractivity contribution in [1.82, 2.24) is 9.80 Å². The van der Waals surface area contributed by atoms with E-state index in [1.54, 1.807) is 0 Å². The fourth-order valence-electron chi connectivity index (χ4n) is 3.56. The van der Waals surface area contributed by atoms with Crippen LogP contribution in [0.4, 0.5) is 0 Å². The van der Waals surface area contributed by atoms with Crippen molar-refractivity contribution in [2.24, 2.45) is 17.8 Å². The molecule has 2 rings (SSSR count). The van der Waals surface area contributed by atoms with Gasteiger partial charge in [0.15, 0.2) is 0 Å². The number of carbonyl (C=O) groups is 1.